The second-order valence-corrected chi connectivity index (χ2v) is 9.39. The Morgan fingerprint density at radius 1 is 0.872 bits per heavy atom. The van der Waals surface area contributed by atoms with Gasteiger partial charge in [0, 0.05) is 38.3 Å². The molecule has 3 aromatic rings. The lowest BCUT2D eigenvalue weighted by Crippen LogP contribution is -2.47. The molecule has 39 heavy (non-hydrogen) atoms. The van der Waals surface area contributed by atoms with Crippen LogP contribution in [0.4, 0.5) is 13.2 Å². The van der Waals surface area contributed by atoms with E-state index in [1.54, 1.807) is 17.0 Å². The number of alkyl halides is 3. The number of carbonyl (C=O) groups is 2. The van der Waals surface area contributed by atoms with E-state index < -0.39 is 17.6 Å². The summed E-state index contributed by atoms with van der Waals surface area (Å²) in [6.45, 7) is 3.80. The van der Waals surface area contributed by atoms with Crippen molar-refractivity contribution >= 4 is 11.8 Å². The van der Waals surface area contributed by atoms with Crippen molar-refractivity contribution in [1.82, 2.24) is 14.7 Å². The van der Waals surface area contributed by atoms with Gasteiger partial charge in [-0.1, -0.05) is 30.3 Å². The third kappa shape index (κ3) is 8.43. The van der Waals surface area contributed by atoms with Crippen LogP contribution in [0.3, 0.4) is 0 Å². The third-order valence-corrected chi connectivity index (χ3v) is 6.66. The third-order valence-electron chi connectivity index (χ3n) is 6.66. The molecule has 0 aliphatic carbocycles. The SMILES string of the molecule is O=C(CN(CCN1CCOCC1)C(=O)c1ccc(C(F)(F)F)cc1)N(CCc1ccccc1)Cc1ccco1. The van der Waals surface area contributed by atoms with Crippen molar-refractivity contribution in [2.75, 3.05) is 52.5 Å². The van der Waals surface area contributed by atoms with Crippen molar-refractivity contribution in [1.29, 1.82) is 0 Å². The molecular formula is C29H32F3N3O4. The minimum atomic E-state index is -4.50. The normalized spacial score (nSPS) is 14.2. The van der Waals surface area contributed by atoms with Gasteiger partial charge in [0.2, 0.25) is 5.91 Å². The van der Waals surface area contributed by atoms with Gasteiger partial charge in [-0.05, 0) is 48.4 Å². The van der Waals surface area contributed by atoms with Crippen molar-refractivity contribution in [3.63, 3.8) is 0 Å². The summed E-state index contributed by atoms with van der Waals surface area (Å²) in [5.41, 5.74) is 0.333. The van der Waals surface area contributed by atoms with E-state index >= 15 is 0 Å². The van der Waals surface area contributed by atoms with Crippen molar-refractivity contribution in [3.05, 3.63) is 95.4 Å². The summed E-state index contributed by atoms with van der Waals surface area (Å²) in [4.78, 5) is 32.2. The molecule has 2 heterocycles. The van der Waals surface area contributed by atoms with Gasteiger partial charge in [-0.15, -0.1) is 0 Å². The summed E-state index contributed by atoms with van der Waals surface area (Å²) in [6.07, 6.45) is -2.34. The second-order valence-electron chi connectivity index (χ2n) is 9.39. The van der Waals surface area contributed by atoms with Gasteiger partial charge < -0.3 is 19.0 Å². The van der Waals surface area contributed by atoms with Gasteiger partial charge >= 0.3 is 6.18 Å². The van der Waals surface area contributed by atoms with E-state index in [2.05, 4.69) is 4.90 Å². The summed E-state index contributed by atoms with van der Waals surface area (Å²) in [5, 5.41) is 0. The lowest BCUT2D eigenvalue weighted by Gasteiger charge is -2.31. The average molecular weight is 544 g/mol. The number of carbonyl (C=O) groups excluding carboxylic acids is 2. The molecule has 1 saturated heterocycles. The molecule has 0 bridgehead atoms. The number of benzene rings is 2. The van der Waals surface area contributed by atoms with Gasteiger partial charge in [-0.3, -0.25) is 14.5 Å². The topological polar surface area (TPSA) is 66.2 Å². The highest BCUT2D eigenvalue weighted by Crippen LogP contribution is 2.29. The summed E-state index contributed by atoms with van der Waals surface area (Å²) in [6, 6.07) is 17.4. The van der Waals surface area contributed by atoms with Gasteiger partial charge in [0.25, 0.3) is 5.91 Å². The number of furan rings is 1. The van der Waals surface area contributed by atoms with E-state index in [4.69, 9.17) is 9.15 Å². The van der Waals surface area contributed by atoms with Crippen LogP contribution in [0.5, 0.6) is 0 Å². The molecule has 1 aliphatic rings. The Morgan fingerprint density at radius 3 is 2.23 bits per heavy atom. The van der Waals surface area contributed by atoms with Crippen LogP contribution in [-0.4, -0.2) is 79.0 Å². The number of hydrogen-bond donors (Lipinski definition) is 0. The van der Waals surface area contributed by atoms with Gasteiger partial charge in [0.15, 0.2) is 0 Å². The standard InChI is InChI=1S/C29H32F3N3O4/c30-29(31,32)25-10-8-24(9-11-25)28(37)35(15-14-33-16-19-38-20-17-33)22-27(36)34(21-26-7-4-18-39-26)13-12-23-5-2-1-3-6-23/h1-11,18H,12-17,19-22H2. The molecule has 7 nitrogen and oxygen atoms in total. The molecular weight excluding hydrogens is 511 g/mol. The summed E-state index contributed by atoms with van der Waals surface area (Å²) in [7, 11) is 0. The molecule has 2 amide bonds. The molecule has 4 rings (SSSR count). The molecule has 0 N–H and O–H groups in total. The van der Waals surface area contributed by atoms with E-state index in [9.17, 15) is 22.8 Å². The van der Waals surface area contributed by atoms with Crippen molar-refractivity contribution in [3.8, 4) is 0 Å². The zero-order valence-electron chi connectivity index (χ0n) is 21.6. The van der Waals surface area contributed by atoms with E-state index in [1.807, 2.05) is 30.3 Å². The minimum Gasteiger partial charge on any atom is -0.467 e. The summed E-state index contributed by atoms with van der Waals surface area (Å²) >= 11 is 0. The Labute approximate surface area is 225 Å². The van der Waals surface area contributed by atoms with Crippen LogP contribution in [0.25, 0.3) is 0 Å². The molecule has 0 atom stereocenters. The van der Waals surface area contributed by atoms with Crippen molar-refractivity contribution in [2.24, 2.45) is 0 Å². The van der Waals surface area contributed by atoms with E-state index in [1.165, 1.54) is 11.2 Å². The highest BCUT2D eigenvalue weighted by molar-refractivity contribution is 5.96. The molecule has 0 saturated carbocycles. The number of amides is 2. The van der Waals surface area contributed by atoms with E-state index in [0.717, 1.165) is 29.8 Å². The second kappa shape index (κ2) is 13.4. The molecule has 0 spiro atoms. The molecule has 10 heteroatoms. The van der Waals surface area contributed by atoms with Gasteiger partial charge in [0.05, 0.1) is 31.6 Å². The lowest BCUT2D eigenvalue weighted by molar-refractivity contribution is -0.137. The Bertz CT molecular complexity index is 1180. The zero-order valence-corrected chi connectivity index (χ0v) is 21.6. The number of nitrogens with zero attached hydrogens (tertiary/aromatic N) is 3. The maximum Gasteiger partial charge on any atom is 0.416 e. The molecule has 0 radical (unpaired) electrons. The van der Waals surface area contributed by atoms with Crippen LogP contribution in [-0.2, 0) is 28.7 Å². The molecule has 1 fully saturated rings. The predicted octanol–water partition coefficient (Wildman–Crippen LogP) is 4.34. The van der Waals surface area contributed by atoms with Gasteiger partial charge in [-0.25, -0.2) is 0 Å². The molecule has 2 aromatic carbocycles. The first-order valence-corrected chi connectivity index (χ1v) is 12.9. The minimum absolute atomic E-state index is 0.0969. The van der Waals surface area contributed by atoms with Crippen LogP contribution in [0, 0.1) is 0 Å². The monoisotopic (exact) mass is 543 g/mol. The highest BCUT2D eigenvalue weighted by Gasteiger charge is 2.31. The van der Waals surface area contributed by atoms with Gasteiger partial charge in [0.1, 0.15) is 12.3 Å². The number of morpholine rings is 1. The smallest absolute Gasteiger partial charge is 0.416 e. The van der Waals surface area contributed by atoms with Crippen molar-refractivity contribution in [2.45, 2.75) is 19.1 Å². The number of hydrogen-bond acceptors (Lipinski definition) is 5. The van der Waals surface area contributed by atoms with Crippen LogP contribution in [0.15, 0.2) is 77.4 Å². The number of halogens is 3. The van der Waals surface area contributed by atoms with E-state index in [0.29, 0.717) is 51.6 Å². The Morgan fingerprint density at radius 2 is 1.59 bits per heavy atom. The predicted molar refractivity (Wildman–Crippen MR) is 139 cm³/mol. The Hall–Kier alpha value is -3.63. The number of rotatable bonds is 11. The molecule has 1 aromatic heterocycles. The van der Waals surface area contributed by atoms with Crippen LogP contribution < -0.4 is 0 Å². The molecule has 208 valence electrons. The maximum absolute atomic E-state index is 13.6. The fraction of sp³-hybridized carbons (Fsp3) is 0.379. The Kier molecular flexibility index (Phi) is 9.78. The fourth-order valence-electron chi connectivity index (χ4n) is 4.38. The maximum atomic E-state index is 13.6. The Balaban J connectivity index is 1.50. The molecule has 1 aliphatic heterocycles. The first kappa shape index (κ1) is 28.4. The first-order chi connectivity index (χ1) is 18.8. The number of ether oxygens (including phenoxy) is 1. The van der Waals surface area contributed by atoms with Crippen LogP contribution in [0.1, 0.15) is 27.2 Å². The van der Waals surface area contributed by atoms with Gasteiger partial charge in [-0.2, -0.15) is 13.2 Å². The summed E-state index contributed by atoms with van der Waals surface area (Å²) in [5.74, 6) is -0.152. The quantitative estimate of drug-likeness (QED) is 0.360. The highest BCUT2D eigenvalue weighted by atomic mass is 19.4. The van der Waals surface area contributed by atoms with Crippen molar-refractivity contribution < 1.29 is 31.9 Å². The lowest BCUT2D eigenvalue weighted by atomic mass is 10.1. The zero-order chi connectivity index (χ0) is 27.7. The fourth-order valence-corrected chi connectivity index (χ4v) is 4.38. The van der Waals surface area contributed by atoms with Crippen LogP contribution >= 0.6 is 0 Å². The summed E-state index contributed by atoms with van der Waals surface area (Å²) < 4.78 is 50.0. The largest absolute Gasteiger partial charge is 0.467 e. The van der Waals surface area contributed by atoms with Crippen LogP contribution in [0.2, 0.25) is 0 Å². The average Bonchev–Trinajstić information content (AvgIpc) is 3.47. The first-order valence-electron chi connectivity index (χ1n) is 12.9. The molecule has 0 unspecified atom stereocenters. The van der Waals surface area contributed by atoms with E-state index in [-0.39, 0.29) is 31.1 Å².